The van der Waals surface area contributed by atoms with Crippen molar-refractivity contribution in [3.05, 3.63) is 102 Å². The molecule has 0 aliphatic carbocycles. The molecule has 0 bridgehead atoms. The monoisotopic (exact) mass is 451 g/mol. The molecule has 0 spiro atoms. The van der Waals surface area contributed by atoms with E-state index in [1.165, 1.54) is 0 Å². The summed E-state index contributed by atoms with van der Waals surface area (Å²) in [6, 6.07) is 26.1. The van der Waals surface area contributed by atoms with Crippen LogP contribution in [0.3, 0.4) is 0 Å². The minimum absolute atomic E-state index is 0.325. The van der Waals surface area contributed by atoms with Crippen molar-refractivity contribution in [2.45, 2.75) is 12.0 Å². The summed E-state index contributed by atoms with van der Waals surface area (Å²) in [6.07, 6.45) is -0.385. The highest BCUT2D eigenvalue weighted by Crippen LogP contribution is 2.38. The maximum Gasteiger partial charge on any atom is 0.323 e. The molecule has 4 N–H and O–H groups in total. The third-order valence-electron chi connectivity index (χ3n) is 5.92. The highest BCUT2D eigenvalue weighted by molar-refractivity contribution is 6.10. The molecule has 0 aromatic heterocycles. The number of ketones is 1. The van der Waals surface area contributed by atoms with Crippen molar-refractivity contribution in [3.63, 3.8) is 0 Å². The number of amides is 3. The van der Waals surface area contributed by atoms with Gasteiger partial charge in [0.2, 0.25) is 0 Å². The summed E-state index contributed by atoms with van der Waals surface area (Å²) in [5, 5.41) is 21.1. The fraction of sp³-hybridized carbons (Fsp3) is 0.0741. The van der Waals surface area contributed by atoms with Gasteiger partial charge >= 0.3 is 6.03 Å². The minimum Gasteiger partial charge on any atom is -0.375 e. The minimum atomic E-state index is -1.91. The third kappa shape index (κ3) is 3.89. The van der Waals surface area contributed by atoms with Gasteiger partial charge in [0, 0.05) is 27.9 Å². The number of hydrogen-bond donors (Lipinski definition) is 4. The number of anilines is 3. The summed E-state index contributed by atoms with van der Waals surface area (Å²) >= 11 is 0. The van der Waals surface area contributed by atoms with Gasteiger partial charge in [0.15, 0.2) is 11.4 Å². The zero-order valence-corrected chi connectivity index (χ0v) is 18.0. The van der Waals surface area contributed by atoms with Crippen molar-refractivity contribution >= 4 is 45.6 Å². The molecule has 1 atom stereocenters. The van der Waals surface area contributed by atoms with Gasteiger partial charge in [0.1, 0.15) is 0 Å². The lowest BCUT2D eigenvalue weighted by Gasteiger charge is -2.20. The third-order valence-corrected chi connectivity index (χ3v) is 5.92. The number of carbonyl (C=O) groups excluding carboxylic acids is 3. The molecule has 7 heteroatoms. The van der Waals surface area contributed by atoms with Crippen molar-refractivity contribution in [1.82, 2.24) is 0 Å². The molecular weight excluding hydrogens is 430 g/mol. The first-order valence-electron chi connectivity index (χ1n) is 10.8. The summed E-state index contributed by atoms with van der Waals surface area (Å²) in [4.78, 5) is 37.7. The van der Waals surface area contributed by atoms with Gasteiger partial charge in [0.05, 0.1) is 12.1 Å². The predicted octanol–water partition coefficient (Wildman–Crippen LogP) is 4.90. The van der Waals surface area contributed by atoms with Crippen LogP contribution in [-0.2, 0) is 10.4 Å². The van der Waals surface area contributed by atoms with Crippen molar-refractivity contribution < 1.29 is 19.5 Å². The summed E-state index contributed by atoms with van der Waals surface area (Å²) in [6.45, 7) is 0. The normalized spacial score (nSPS) is 16.6. The lowest BCUT2D eigenvalue weighted by atomic mass is 9.88. The fourth-order valence-corrected chi connectivity index (χ4v) is 4.17. The number of nitrogens with one attached hydrogen (secondary N) is 3. The molecule has 1 aliphatic rings. The molecule has 5 rings (SSSR count). The highest BCUT2D eigenvalue weighted by atomic mass is 16.3. The van der Waals surface area contributed by atoms with Gasteiger partial charge in [-0.3, -0.25) is 9.59 Å². The van der Waals surface area contributed by atoms with E-state index in [1.807, 2.05) is 42.5 Å². The van der Waals surface area contributed by atoms with Crippen LogP contribution in [0.2, 0.25) is 0 Å². The molecule has 3 amide bonds. The Balaban J connectivity index is 1.26. The number of hydrogen-bond acceptors (Lipinski definition) is 4. The molecule has 0 saturated carbocycles. The van der Waals surface area contributed by atoms with E-state index in [0.717, 1.165) is 10.8 Å². The average Bonchev–Trinajstić information content (AvgIpc) is 3.09. The van der Waals surface area contributed by atoms with Crippen molar-refractivity contribution in [1.29, 1.82) is 0 Å². The summed E-state index contributed by atoms with van der Waals surface area (Å²) in [7, 11) is 0. The number of Topliss-reactive ketones (excluding diaryl/α,β-unsaturated/α-hetero) is 1. The van der Waals surface area contributed by atoms with Crippen LogP contribution in [0.4, 0.5) is 21.9 Å². The number of carbonyl (C=O) groups is 3. The number of urea groups is 1. The van der Waals surface area contributed by atoms with E-state index in [2.05, 4.69) is 16.0 Å². The Morgan fingerprint density at radius 3 is 2.35 bits per heavy atom. The van der Waals surface area contributed by atoms with Crippen molar-refractivity contribution in [2.75, 3.05) is 16.0 Å². The molecule has 7 nitrogen and oxygen atoms in total. The molecule has 4 aromatic carbocycles. The zero-order chi connectivity index (χ0) is 23.7. The van der Waals surface area contributed by atoms with Crippen LogP contribution in [0, 0.1) is 0 Å². The summed E-state index contributed by atoms with van der Waals surface area (Å²) < 4.78 is 0. The molecule has 0 radical (unpaired) electrons. The second-order valence-electron chi connectivity index (χ2n) is 8.14. The van der Waals surface area contributed by atoms with Gasteiger partial charge in [-0.2, -0.15) is 0 Å². The lowest BCUT2D eigenvalue weighted by Crippen LogP contribution is -2.36. The first-order valence-corrected chi connectivity index (χ1v) is 10.8. The van der Waals surface area contributed by atoms with Crippen LogP contribution in [0.25, 0.3) is 10.8 Å². The van der Waals surface area contributed by atoms with E-state index in [4.69, 9.17) is 0 Å². The second kappa shape index (κ2) is 8.46. The van der Waals surface area contributed by atoms with Gasteiger partial charge in [0.25, 0.3) is 5.91 Å². The van der Waals surface area contributed by atoms with Crippen LogP contribution in [0.1, 0.15) is 22.3 Å². The van der Waals surface area contributed by atoms with E-state index >= 15 is 0 Å². The smallest absolute Gasteiger partial charge is 0.323 e. The maximum absolute atomic E-state index is 12.8. The van der Waals surface area contributed by atoms with Crippen molar-refractivity contribution in [3.8, 4) is 0 Å². The van der Waals surface area contributed by atoms with Gasteiger partial charge in [-0.25, -0.2) is 4.79 Å². The van der Waals surface area contributed by atoms with Crippen LogP contribution < -0.4 is 16.0 Å². The summed E-state index contributed by atoms with van der Waals surface area (Å²) in [5.41, 5.74) is 0.479. The average molecular weight is 451 g/mol. The Bertz CT molecular complexity index is 1430. The van der Waals surface area contributed by atoms with Gasteiger partial charge in [-0.1, -0.05) is 54.6 Å². The molecule has 34 heavy (non-hydrogen) atoms. The number of aliphatic hydroxyl groups is 1. The van der Waals surface area contributed by atoms with Crippen molar-refractivity contribution in [2.24, 2.45) is 0 Å². The Labute approximate surface area is 195 Å². The molecule has 0 fully saturated rings. The first-order chi connectivity index (χ1) is 16.4. The molecule has 1 heterocycles. The molecule has 0 unspecified atom stereocenters. The number of rotatable bonds is 5. The highest BCUT2D eigenvalue weighted by Gasteiger charge is 2.46. The Hall–Kier alpha value is -4.49. The summed E-state index contributed by atoms with van der Waals surface area (Å²) in [5.74, 6) is -1.01. The molecular formula is C27H21N3O4. The molecule has 0 saturated heterocycles. The SMILES string of the molecule is O=C(Nc1ccc(C(=O)C[C@]2(O)C(=O)Nc3ccccc32)cc1)Nc1cccc2ccccc12. The number of para-hydroxylation sites is 1. The van der Waals surface area contributed by atoms with E-state index in [-0.39, 0.29) is 12.2 Å². The lowest BCUT2D eigenvalue weighted by molar-refractivity contribution is -0.133. The number of benzene rings is 4. The maximum atomic E-state index is 12.8. The van der Waals surface area contributed by atoms with E-state index in [9.17, 15) is 19.5 Å². The predicted molar refractivity (Wildman–Crippen MR) is 131 cm³/mol. The van der Waals surface area contributed by atoms with Crippen LogP contribution in [0.5, 0.6) is 0 Å². The quantitative estimate of drug-likeness (QED) is 0.324. The second-order valence-corrected chi connectivity index (χ2v) is 8.14. The molecule has 1 aliphatic heterocycles. The Morgan fingerprint density at radius 2 is 1.53 bits per heavy atom. The molecule has 4 aromatic rings. The van der Waals surface area contributed by atoms with Gasteiger partial charge in [-0.05, 0) is 41.8 Å². The Morgan fingerprint density at radius 1 is 0.824 bits per heavy atom. The molecule has 168 valence electrons. The van der Waals surface area contributed by atoms with Crippen LogP contribution >= 0.6 is 0 Å². The largest absolute Gasteiger partial charge is 0.375 e. The first kappa shape index (κ1) is 21.4. The van der Waals surface area contributed by atoms with Gasteiger partial charge in [-0.15, -0.1) is 0 Å². The standard InChI is InChI=1S/C27H21N3O4/c31-24(16-27(34)21-9-3-4-10-23(21)29-25(27)32)18-12-14-19(15-13-18)28-26(33)30-22-11-5-7-17-6-1-2-8-20(17)22/h1-15,34H,16H2,(H,29,32)(H2,28,30,33)/t27-/m1/s1. The van der Waals surface area contributed by atoms with Crippen LogP contribution in [0.15, 0.2) is 91.0 Å². The van der Waals surface area contributed by atoms with E-state index in [0.29, 0.717) is 28.2 Å². The topological polar surface area (TPSA) is 108 Å². The van der Waals surface area contributed by atoms with E-state index in [1.54, 1.807) is 48.5 Å². The Kier molecular flexibility index (Phi) is 5.31. The van der Waals surface area contributed by atoms with Gasteiger partial charge < -0.3 is 21.1 Å². The van der Waals surface area contributed by atoms with Crippen LogP contribution in [-0.4, -0.2) is 22.8 Å². The van der Waals surface area contributed by atoms with E-state index < -0.39 is 17.5 Å². The number of fused-ring (bicyclic) bond motifs is 2. The fourth-order valence-electron chi connectivity index (χ4n) is 4.17. The zero-order valence-electron chi connectivity index (χ0n) is 18.0.